The van der Waals surface area contributed by atoms with E-state index in [1.54, 1.807) is 6.07 Å². The van der Waals surface area contributed by atoms with Crippen molar-refractivity contribution in [2.24, 2.45) is 5.84 Å². The summed E-state index contributed by atoms with van der Waals surface area (Å²) in [7, 11) is 0. The van der Waals surface area contributed by atoms with Crippen LogP contribution in [0.2, 0.25) is 10.0 Å². The Balaban J connectivity index is 2.08. The number of halogens is 3. The van der Waals surface area contributed by atoms with Crippen molar-refractivity contribution in [3.05, 3.63) is 68.3 Å². The number of hydrazine groups is 1. The van der Waals surface area contributed by atoms with E-state index >= 15 is 0 Å². The van der Waals surface area contributed by atoms with Gasteiger partial charge in [-0.1, -0.05) is 39.1 Å². The molecule has 0 radical (unpaired) electrons. The smallest absolute Gasteiger partial charge is 0.134 e. The fraction of sp³-hybridized carbons (Fsp3) is 0.0667. The molecule has 2 aromatic carbocycles. The van der Waals surface area contributed by atoms with E-state index < -0.39 is 0 Å². The second kappa shape index (κ2) is 5.99. The lowest BCUT2D eigenvalue weighted by atomic mass is 10.1. The summed E-state index contributed by atoms with van der Waals surface area (Å²) in [6.45, 7) is 0. The molecule has 0 spiro atoms. The van der Waals surface area contributed by atoms with Gasteiger partial charge < -0.3 is 4.42 Å². The summed E-state index contributed by atoms with van der Waals surface area (Å²) in [5.74, 6) is 6.39. The number of benzene rings is 2. The zero-order valence-corrected chi connectivity index (χ0v) is 13.8. The molecule has 108 valence electrons. The van der Waals surface area contributed by atoms with Crippen molar-refractivity contribution in [1.29, 1.82) is 0 Å². The molecule has 0 saturated heterocycles. The first-order valence-corrected chi connectivity index (χ1v) is 7.73. The van der Waals surface area contributed by atoms with Gasteiger partial charge in [0.15, 0.2) is 0 Å². The first-order chi connectivity index (χ1) is 10.1. The molecule has 0 bridgehead atoms. The van der Waals surface area contributed by atoms with Crippen molar-refractivity contribution in [2.45, 2.75) is 6.04 Å². The third-order valence-corrected chi connectivity index (χ3v) is 4.08. The summed E-state index contributed by atoms with van der Waals surface area (Å²) < 4.78 is 6.73. The third kappa shape index (κ3) is 3.10. The Labute approximate surface area is 140 Å². The normalized spacial score (nSPS) is 12.8. The fourth-order valence-electron chi connectivity index (χ4n) is 2.26. The first-order valence-electron chi connectivity index (χ1n) is 6.18. The van der Waals surface area contributed by atoms with Crippen LogP contribution in [0, 0.1) is 0 Å². The van der Waals surface area contributed by atoms with Crippen LogP contribution in [-0.2, 0) is 0 Å². The summed E-state index contributed by atoms with van der Waals surface area (Å²) in [4.78, 5) is 0. The molecule has 3 rings (SSSR count). The van der Waals surface area contributed by atoms with Gasteiger partial charge in [-0.05, 0) is 48.0 Å². The van der Waals surface area contributed by atoms with E-state index in [4.69, 9.17) is 33.5 Å². The average molecular weight is 386 g/mol. The molecule has 0 aliphatic rings. The molecule has 1 atom stereocenters. The van der Waals surface area contributed by atoms with Crippen LogP contribution in [0.25, 0.3) is 11.0 Å². The Morgan fingerprint density at radius 3 is 2.57 bits per heavy atom. The predicted molar refractivity (Wildman–Crippen MR) is 89.5 cm³/mol. The quantitative estimate of drug-likeness (QED) is 0.489. The molecule has 21 heavy (non-hydrogen) atoms. The molecular weight excluding hydrogens is 375 g/mol. The van der Waals surface area contributed by atoms with Gasteiger partial charge in [0.05, 0.1) is 0 Å². The van der Waals surface area contributed by atoms with Gasteiger partial charge >= 0.3 is 0 Å². The van der Waals surface area contributed by atoms with E-state index in [1.165, 1.54) is 0 Å². The van der Waals surface area contributed by atoms with E-state index in [1.807, 2.05) is 36.4 Å². The van der Waals surface area contributed by atoms with Crippen LogP contribution >= 0.6 is 39.1 Å². The molecule has 3 N–H and O–H groups in total. The van der Waals surface area contributed by atoms with Gasteiger partial charge in [-0.15, -0.1) is 0 Å². The van der Waals surface area contributed by atoms with Gasteiger partial charge in [0, 0.05) is 19.9 Å². The molecule has 0 aliphatic heterocycles. The Bertz CT molecular complexity index is 783. The largest absolute Gasteiger partial charge is 0.459 e. The van der Waals surface area contributed by atoms with Crippen LogP contribution in [0.3, 0.4) is 0 Å². The Morgan fingerprint density at radius 2 is 1.86 bits per heavy atom. The minimum absolute atomic E-state index is 0.300. The predicted octanol–water partition coefficient (Wildman–Crippen LogP) is 5.05. The van der Waals surface area contributed by atoms with E-state index in [2.05, 4.69) is 21.4 Å². The van der Waals surface area contributed by atoms with E-state index in [0.717, 1.165) is 21.0 Å². The number of furan rings is 1. The van der Waals surface area contributed by atoms with Crippen LogP contribution in [-0.4, -0.2) is 0 Å². The molecule has 3 nitrogen and oxygen atoms in total. The molecule has 1 heterocycles. The summed E-state index contributed by atoms with van der Waals surface area (Å²) in [6, 6.07) is 12.7. The van der Waals surface area contributed by atoms with E-state index in [0.29, 0.717) is 15.8 Å². The number of hydrogen-bond acceptors (Lipinski definition) is 3. The molecule has 1 unspecified atom stereocenters. The molecule has 0 amide bonds. The van der Waals surface area contributed by atoms with Crippen molar-refractivity contribution in [3.8, 4) is 0 Å². The average Bonchev–Trinajstić information content (AvgIpc) is 2.81. The molecule has 6 heteroatoms. The number of rotatable bonds is 3. The van der Waals surface area contributed by atoms with Crippen molar-refractivity contribution in [1.82, 2.24) is 5.43 Å². The molecule has 0 fully saturated rings. The second-order valence-electron chi connectivity index (χ2n) is 4.63. The maximum Gasteiger partial charge on any atom is 0.134 e. The van der Waals surface area contributed by atoms with Crippen LogP contribution in [0.1, 0.15) is 17.4 Å². The number of hydrogen-bond donors (Lipinski definition) is 2. The molecule has 1 aromatic heterocycles. The minimum Gasteiger partial charge on any atom is -0.459 e. The maximum absolute atomic E-state index is 6.09. The lowest BCUT2D eigenvalue weighted by Gasteiger charge is -2.14. The molecular formula is C15H11BrCl2N2O. The van der Waals surface area contributed by atoms with Gasteiger partial charge in [-0.25, -0.2) is 5.43 Å². The van der Waals surface area contributed by atoms with Crippen LogP contribution in [0.5, 0.6) is 0 Å². The maximum atomic E-state index is 6.09. The summed E-state index contributed by atoms with van der Waals surface area (Å²) in [6.07, 6.45) is 0. The first kappa shape index (κ1) is 14.9. The second-order valence-corrected chi connectivity index (χ2v) is 6.42. The minimum atomic E-state index is -0.300. The number of nitrogens with two attached hydrogens (primary N) is 1. The highest BCUT2D eigenvalue weighted by Gasteiger charge is 2.18. The lowest BCUT2D eigenvalue weighted by molar-refractivity contribution is 0.477. The Hall–Kier alpha value is -1.04. The summed E-state index contributed by atoms with van der Waals surface area (Å²) in [5, 5.41) is 2.22. The van der Waals surface area contributed by atoms with Gasteiger partial charge in [0.25, 0.3) is 0 Å². The zero-order valence-electron chi connectivity index (χ0n) is 10.7. The lowest BCUT2D eigenvalue weighted by Crippen LogP contribution is -2.28. The van der Waals surface area contributed by atoms with Crippen molar-refractivity contribution in [2.75, 3.05) is 0 Å². The number of nitrogens with one attached hydrogen (secondary N) is 1. The number of fused-ring (bicyclic) bond motifs is 1. The van der Waals surface area contributed by atoms with E-state index in [-0.39, 0.29) is 6.04 Å². The monoisotopic (exact) mass is 384 g/mol. The van der Waals surface area contributed by atoms with Crippen molar-refractivity contribution >= 4 is 50.1 Å². The van der Waals surface area contributed by atoms with Crippen molar-refractivity contribution in [3.63, 3.8) is 0 Å². The molecule has 3 aromatic rings. The summed E-state index contributed by atoms with van der Waals surface area (Å²) in [5.41, 5.74) is 4.42. The van der Waals surface area contributed by atoms with Crippen LogP contribution in [0.15, 0.2) is 51.4 Å². The summed E-state index contributed by atoms with van der Waals surface area (Å²) >= 11 is 15.5. The van der Waals surface area contributed by atoms with Gasteiger partial charge in [0.2, 0.25) is 0 Å². The van der Waals surface area contributed by atoms with E-state index in [9.17, 15) is 0 Å². The Morgan fingerprint density at radius 1 is 1.05 bits per heavy atom. The Kier molecular flexibility index (Phi) is 4.24. The standard InChI is InChI=1S/C15H11BrCl2N2O/c16-10-3-9(5-12(18)7-10)15(20-19)14-6-8-4-11(17)1-2-13(8)21-14/h1-7,15,20H,19H2. The molecule has 0 aliphatic carbocycles. The highest BCUT2D eigenvalue weighted by atomic mass is 79.9. The third-order valence-electron chi connectivity index (χ3n) is 3.17. The molecule has 0 saturated carbocycles. The van der Waals surface area contributed by atoms with Crippen LogP contribution < -0.4 is 11.3 Å². The topological polar surface area (TPSA) is 51.2 Å². The van der Waals surface area contributed by atoms with Crippen molar-refractivity contribution < 1.29 is 4.42 Å². The highest BCUT2D eigenvalue weighted by Crippen LogP contribution is 2.31. The SMILES string of the molecule is NNC(c1cc(Cl)cc(Br)c1)c1cc2cc(Cl)ccc2o1. The van der Waals surface area contributed by atoms with Gasteiger partial charge in [0.1, 0.15) is 17.4 Å². The van der Waals surface area contributed by atoms with Gasteiger partial charge in [-0.3, -0.25) is 5.84 Å². The zero-order chi connectivity index (χ0) is 15.0. The highest BCUT2D eigenvalue weighted by molar-refractivity contribution is 9.10. The van der Waals surface area contributed by atoms with Gasteiger partial charge in [-0.2, -0.15) is 0 Å². The van der Waals surface area contributed by atoms with Crippen LogP contribution in [0.4, 0.5) is 0 Å². The fourth-order valence-corrected chi connectivity index (χ4v) is 3.33.